The predicted octanol–water partition coefficient (Wildman–Crippen LogP) is 2.62. The van der Waals surface area contributed by atoms with Gasteiger partial charge in [0.15, 0.2) is 0 Å². The Kier molecular flexibility index (Phi) is 5.35. The van der Waals surface area contributed by atoms with Crippen molar-refractivity contribution in [1.29, 1.82) is 0 Å². The zero-order chi connectivity index (χ0) is 17.7. The lowest BCUT2D eigenvalue weighted by Crippen LogP contribution is -2.20. The summed E-state index contributed by atoms with van der Waals surface area (Å²) in [4.78, 5) is 13.2. The van der Waals surface area contributed by atoms with Gasteiger partial charge in [0.25, 0.3) is 10.0 Å². The van der Waals surface area contributed by atoms with Crippen LogP contribution in [0.1, 0.15) is 25.0 Å². The van der Waals surface area contributed by atoms with E-state index in [1.54, 1.807) is 43.3 Å². The molecule has 24 heavy (non-hydrogen) atoms. The SMILES string of the molecule is CC(=O)Oc1ccc(C(C)=NNS(=O)(=O)c2ccc(C)cc2)cc1. The first-order chi connectivity index (χ1) is 11.3. The molecule has 0 spiro atoms. The number of hydrogen-bond acceptors (Lipinski definition) is 5. The van der Waals surface area contributed by atoms with Gasteiger partial charge in [0.1, 0.15) is 5.75 Å². The van der Waals surface area contributed by atoms with Crippen LogP contribution >= 0.6 is 0 Å². The molecule has 0 amide bonds. The van der Waals surface area contributed by atoms with E-state index in [4.69, 9.17) is 4.74 Å². The molecule has 0 aliphatic rings. The predicted molar refractivity (Wildman–Crippen MR) is 91.5 cm³/mol. The van der Waals surface area contributed by atoms with Crippen LogP contribution in [0.2, 0.25) is 0 Å². The summed E-state index contributed by atoms with van der Waals surface area (Å²) in [7, 11) is -3.71. The van der Waals surface area contributed by atoms with Gasteiger partial charge in [-0.2, -0.15) is 18.4 Å². The molecule has 2 rings (SSSR count). The Hall–Kier alpha value is -2.67. The van der Waals surface area contributed by atoms with Gasteiger partial charge in [-0.1, -0.05) is 17.7 Å². The first-order valence-corrected chi connectivity index (χ1v) is 8.68. The van der Waals surface area contributed by atoms with Gasteiger partial charge < -0.3 is 4.74 Å². The molecule has 7 heteroatoms. The van der Waals surface area contributed by atoms with E-state index in [1.807, 2.05) is 6.92 Å². The molecule has 0 heterocycles. The van der Waals surface area contributed by atoms with Crippen molar-refractivity contribution in [3.05, 3.63) is 59.7 Å². The number of rotatable bonds is 5. The number of aryl methyl sites for hydroxylation is 1. The summed E-state index contributed by atoms with van der Waals surface area (Å²) in [5, 5.41) is 3.93. The highest BCUT2D eigenvalue weighted by Crippen LogP contribution is 2.14. The number of carbonyl (C=O) groups is 1. The molecule has 0 aromatic heterocycles. The summed E-state index contributed by atoms with van der Waals surface area (Å²) in [6.45, 7) is 4.88. The van der Waals surface area contributed by atoms with Crippen LogP contribution in [0.4, 0.5) is 0 Å². The molecular formula is C17H18N2O4S. The van der Waals surface area contributed by atoms with E-state index in [0.717, 1.165) is 5.56 Å². The number of sulfonamides is 1. The van der Waals surface area contributed by atoms with E-state index in [0.29, 0.717) is 17.0 Å². The largest absolute Gasteiger partial charge is 0.427 e. The fourth-order valence-corrected chi connectivity index (χ4v) is 2.75. The van der Waals surface area contributed by atoms with Gasteiger partial charge in [0.05, 0.1) is 10.6 Å². The molecule has 2 aromatic carbocycles. The summed E-state index contributed by atoms with van der Waals surface area (Å²) in [6, 6.07) is 13.1. The Balaban J connectivity index is 2.13. The zero-order valence-electron chi connectivity index (χ0n) is 13.6. The smallest absolute Gasteiger partial charge is 0.308 e. The molecule has 2 aromatic rings. The lowest BCUT2D eigenvalue weighted by Gasteiger charge is -2.06. The third-order valence-corrected chi connectivity index (χ3v) is 4.42. The summed E-state index contributed by atoms with van der Waals surface area (Å²) in [6.07, 6.45) is 0. The highest BCUT2D eigenvalue weighted by atomic mass is 32.2. The molecule has 0 unspecified atom stereocenters. The second-order valence-corrected chi connectivity index (χ2v) is 6.88. The Labute approximate surface area is 141 Å². The Morgan fingerprint density at radius 2 is 1.58 bits per heavy atom. The monoisotopic (exact) mass is 346 g/mol. The van der Waals surface area contributed by atoms with Crippen molar-refractivity contribution in [1.82, 2.24) is 4.83 Å². The molecule has 0 saturated heterocycles. The van der Waals surface area contributed by atoms with Crippen LogP contribution in [0.15, 0.2) is 58.5 Å². The van der Waals surface area contributed by atoms with Crippen LogP contribution in [-0.4, -0.2) is 20.1 Å². The van der Waals surface area contributed by atoms with Crippen molar-refractivity contribution in [3.8, 4) is 5.75 Å². The molecule has 0 fully saturated rings. The minimum absolute atomic E-state index is 0.148. The van der Waals surface area contributed by atoms with E-state index >= 15 is 0 Å². The molecule has 0 aliphatic carbocycles. The van der Waals surface area contributed by atoms with Crippen LogP contribution < -0.4 is 9.57 Å². The maximum absolute atomic E-state index is 12.2. The molecule has 0 saturated carbocycles. The maximum Gasteiger partial charge on any atom is 0.308 e. The quantitative estimate of drug-likeness (QED) is 0.390. The van der Waals surface area contributed by atoms with Crippen LogP contribution in [0.5, 0.6) is 5.75 Å². The number of hydrogen-bond donors (Lipinski definition) is 1. The van der Waals surface area contributed by atoms with Crippen LogP contribution in [0.3, 0.4) is 0 Å². The molecule has 6 nitrogen and oxygen atoms in total. The highest BCUT2D eigenvalue weighted by Gasteiger charge is 2.12. The number of carbonyl (C=O) groups excluding carboxylic acids is 1. The van der Waals surface area contributed by atoms with Crippen molar-refractivity contribution in [2.45, 2.75) is 25.7 Å². The van der Waals surface area contributed by atoms with Crippen LogP contribution in [0.25, 0.3) is 0 Å². The molecular weight excluding hydrogens is 328 g/mol. The molecule has 0 aliphatic heterocycles. The summed E-state index contributed by atoms with van der Waals surface area (Å²) < 4.78 is 29.3. The second kappa shape index (κ2) is 7.27. The number of benzene rings is 2. The van der Waals surface area contributed by atoms with Crippen LogP contribution in [0, 0.1) is 6.92 Å². The van der Waals surface area contributed by atoms with Gasteiger partial charge >= 0.3 is 5.97 Å². The lowest BCUT2D eigenvalue weighted by atomic mass is 10.1. The molecule has 0 radical (unpaired) electrons. The Bertz CT molecular complexity index is 854. The zero-order valence-corrected chi connectivity index (χ0v) is 14.4. The van der Waals surface area contributed by atoms with E-state index in [9.17, 15) is 13.2 Å². The van der Waals surface area contributed by atoms with E-state index in [-0.39, 0.29) is 4.90 Å². The lowest BCUT2D eigenvalue weighted by molar-refractivity contribution is -0.131. The van der Waals surface area contributed by atoms with Gasteiger partial charge in [0.2, 0.25) is 0 Å². The standard InChI is InChI=1S/C17H18N2O4S/c1-12-4-10-17(11-5-12)24(21,22)19-18-13(2)15-6-8-16(9-7-15)23-14(3)20/h4-11,19H,1-3H3. The number of ether oxygens (including phenoxy) is 1. The topological polar surface area (TPSA) is 84.8 Å². The minimum Gasteiger partial charge on any atom is -0.427 e. The summed E-state index contributed by atoms with van der Waals surface area (Å²) in [5.41, 5.74) is 2.17. The van der Waals surface area contributed by atoms with Gasteiger partial charge in [-0.15, -0.1) is 0 Å². The van der Waals surface area contributed by atoms with E-state index < -0.39 is 16.0 Å². The normalized spacial score (nSPS) is 11.9. The number of hydrazone groups is 1. The van der Waals surface area contributed by atoms with Crippen molar-refractivity contribution < 1.29 is 17.9 Å². The Morgan fingerprint density at radius 1 is 1.00 bits per heavy atom. The van der Waals surface area contributed by atoms with Crippen molar-refractivity contribution in [2.24, 2.45) is 5.10 Å². The van der Waals surface area contributed by atoms with Crippen molar-refractivity contribution in [3.63, 3.8) is 0 Å². The number of esters is 1. The second-order valence-electron chi connectivity index (χ2n) is 5.22. The first kappa shape index (κ1) is 17.7. The minimum atomic E-state index is -3.71. The van der Waals surface area contributed by atoms with Gasteiger partial charge in [-0.3, -0.25) is 4.79 Å². The maximum atomic E-state index is 12.2. The number of nitrogens with one attached hydrogen (secondary N) is 1. The first-order valence-electron chi connectivity index (χ1n) is 7.19. The van der Waals surface area contributed by atoms with E-state index in [1.165, 1.54) is 19.1 Å². The average Bonchev–Trinajstić information content (AvgIpc) is 2.53. The van der Waals surface area contributed by atoms with Gasteiger partial charge in [-0.25, -0.2) is 0 Å². The number of nitrogens with zero attached hydrogens (tertiary/aromatic N) is 1. The van der Waals surface area contributed by atoms with Gasteiger partial charge in [0, 0.05) is 6.92 Å². The third kappa shape index (κ3) is 4.66. The highest BCUT2D eigenvalue weighted by molar-refractivity contribution is 7.89. The van der Waals surface area contributed by atoms with E-state index in [2.05, 4.69) is 9.93 Å². The van der Waals surface area contributed by atoms with Crippen LogP contribution in [-0.2, 0) is 14.8 Å². The molecule has 1 N–H and O–H groups in total. The Morgan fingerprint density at radius 3 is 2.12 bits per heavy atom. The molecule has 0 atom stereocenters. The summed E-state index contributed by atoms with van der Waals surface area (Å²) in [5.74, 6) is 0.0123. The average molecular weight is 346 g/mol. The van der Waals surface area contributed by atoms with Gasteiger partial charge in [-0.05, 0) is 55.8 Å². The molecule has 126 valence electrons. The van der Waals surface area contributed by atoms with Crippen molar-refractivity contribution >= 4 is 21.7 Å². The molecule has 0 bridgehead atoms. The fraction of sp³-hybridized carbons (Fsp3) is 0.176. The summed E-state index contributed by atoms with van der Waals surface area (Å²) >= 11 is 0. The third-order valence-electron chi connectivity index (χ3n) is 3.20. The fourth-order valence-electron chi connectivity index (χ4n) is 1.89. The van der Waals surface area contributed by atoms with Crippen molar-refractivity contribution in [2.75, 3.05) is 0 Å².